The maximum absolute atomic E-state index is 11.4. The molecular formula is C4H2F3NOS. The molecule has 2 radical (unpaired) electrons. The fraction of sp³-hybridized carbons (Fsp3) is 0.250. The molecular weight excluding hydrogens is 167 g/mol. The Balaban J connectivity index is 2.38. The summed E-state index contributed by atoms with van der Waals surface area (Å²) in [6, 6.07) is 0. The maximum atomic E-state index is 11.4. The van der Waals surface area contributed by atoms with Gasteiger partial charge in [0.05, 0.1) is 0 Å². The van der Waals surface area contributed by atoms with Gasteiger partial charge in [-0.25, -0.2) is 0 Å². The zero-order valence-corrected chi connectivity index (χ0v) is 5.34. The molecule has 0 fully saturated rings. The van der Waals surface area contributed by atoms with Gasteiger partial charge >= 0.3 is 6.36 Å². The van der Waals surface area contributed by atoms with Crippen molar-refractivity contribution in [2.24, 2.45) is 0 Å². The van der Waals surface area contributed by atoms with Crippen LogP contribution in [0.5, 0.6) is 0 Å². The van der Waals surface area contributed by atoms with E-state index in [9.17, 15) is 13.2 Å². The molecule has 0 amide bonds. The molecule has 0 spiro atoms. The van der Waals surface area contributed by atoms with E-state index in [1.807, 2.05) is 0 Å². The lowest BCUT2D eigenvalue weighted by atomic mass is 10.9. The van der Waals surface area contributed by atoms with E-state index in [-0.39, 0.29) is 5.09 Å². The van der Waals surface area contributed by atoms with Gasteiger partial charge in [0.25, 0.3) is 0 Å². The Kier molecular flexibility index (Phi) is 1.98. The van der Waals surface area contributed by atoms with Crippen LogP contribution in [0.15, 0.2) is 11.3 Å². The average Bonchev–Trinajstić information content (AvgIpc) is 2.12. The minimum absolute atomic E-state index is 0.243. The molecule has 1 N–H and O–H groups in total. The van der Waals surface area contributed by atoms with Crippen molar-refractivity contribution in [3.63, 3.8) is 0 Å². The summed E-state index contributed by atoms with van der Waals surface area (Å²) in [5.41, 5.74) is 0. The zero-order chi connectivity index (χ0) is 7.61. The molecule has 0 unspecified atom stereocenters. The first-order valence-corrected chi connectivity index (χ1v) is 3.03. The SMILES string of the molecule is FC(F)(F)OC1=CN[C]S1. The molecule has 6 heteroatoms. The van der Waals surface area contributed by atoms with Crippen LogP contribution >= 0.6 is 11.8 Å². The van der Waals surface area contributed by atoms with Crippen LogP contribution in [-0.4, -0.2) is 6.36 Å². The maximum Gasteiger partial charge on any atom is 0.573 e. The van der Waals surface area contributed by atoms with Crippen molar-refractivity contribution in [1.29, 1.82) is 0 Å². The van der Waals surface area contributed by atoms with Crippen molar-refractivity contribution in [1.82, 2.24) is 5.32 Å². The Morgan fingerprint density at radius 1 is 1.60 bits per heavy atom. The molecule has 2 nitrogen and oxygen atoms in total. The quantitative estimate of drug-likeness (QED) is 0.644. The fourth-order valence-electron chi connectivity index (χ4n) is 0.362. The van der Waals surface area contributed by atoms with Crippen LogP contribution in [-0.2, 0) is 4.74 Å². The van der Waals surface area contributed by atoms with Gasteiger partial charge in [0.1, 0.15) is 0 Å². The third kappa shape index (κ3) is 2.38. The lowest BCUT2D eigenvalue weighted by Gasteiger charge is -2.06. The summed E-state index contributed by atoms with van der Waals surface area (Å²) in [5, 5.41) is 2.08. The van der Waals surface area contributed by atoms with Crippen molar-refractivity contribution in [2.75, 3.05) is 0 Å². The van der Waals surface area contributed by atoms with E-state index < -0.39 is 6.36 Å². The Labute approximate surface area is 59.4 Å². The van der Waals surface area contributed by atoms with E-state index in [0.29, 0.717) is 0 Å². The first-order chi connectivity index (χ1) is 4.58. The smallest absolute Gasteiger partial charge is 0.398 e. The van der Waals surface area contributed by atoms with E-state index in [4.69, 9.17) is 0 Å². The summed E-state index contributed by atoms with van der Waals surface area (Å²) >= 11 is 0.727. The minimum Gasteiger partial charge on any atom is -0.398 e. The Morgan fingerprint density at radius 3 is 2.70 bits per heavy atom. The minimum atomic E-state index is -4.60. The molecule has 1 heterocycles. The van der Waals surface area contributed by atoms with Gasteiger partial charge in [-0.05, 0) is 0 Å². The molecule has 0 aromatic heterocycles. The van der Waals surface area contributed by atoms with Gasteiger partial charge < -0.3 is 10.1 Å². The number of ether oxygens (including phenoxy) is 1. The van der Waals surface area contributed by atoms with Crippen molar-refractivity contribution in [2.45, 2.75) is 6.36 Å². The number of hydrogen-bond acceptors (Lipinski definition) is 3. The van der Waals surface area contributed by atoms with E-state index in [0.717, 1.165) is 18.0 Å². The van der Waals surface area contributed by atoms with Crippen LogP contribution in [0.4, 0.5) is 13.2 Å². The molecule has 0 aromatic carbocycles. The monoisotopic (exact) mass is 169 g/mol. The van der Waals surface area contributed by atoms with Gasteiger partial charge in [-0.1, -0.05) is 11.8 Å². The molecule has 56 valence electrons. The predicted molar refractivity (Wildman–Crippen MR) is 29.2 cm³/mol. The van der Waals surface area contributed by atoms with Crippen LogP contribution in [0.2, 0.25) is 0 Å². The fourth-order valence-corrected chi connectivity index (χ4v) is 0.834. The number of hydrogen-bond donors (Lipinski definition) is 1. The number of halogens is 3. The number of rotatable bonds is 1. The van der Waals surface area contributed by atoms with Gasteiger partial charge in [-0.3, -0.25) is 0 Å². The number of alkyl halides is 3. The third-order valence-corrected chi connectivity index (χ3v) is 1.24. The highest BCUT2D eigenvalue weighted by molar-refractivity contribution is 8.04. The highest BCUT2D eigenvalue weighted by atomic mass is 32.2. The van der Waals surface area contributed by atoms with E-state index in [1.165, 1.54) is 0 Å². The molecule has 1 aliphatic rings. The standard InChI is InChI=1S/C4H2F3NOS/c5-4(6,7)9-3-1-8-2-10-3/h1,8H. The summed E-state index contributed by atoms with van der Waals surface area (Å²) in [7, 11) is 0. The van der Waals surface area contributed by atoms with Crippen LogP contribution in [0.1, 0.15) is 0 Å². The van der Waals surface area contributed by atoms with E-state index in [2.05, 4.69) is 15.9 Å². The normalized spacial score (nSPS) is 18.1. The summed E-state index contributed by atoms with van der Waals surface area (Å²) in [4.78, 5) is 0. The average molecular weight is 169 g/mol. The van der Waals surface area contributed by atoms with Crippen molar-refractivity contribution < 1.29 is 17.9 Å². The molecule has 1 rings (SSSR count). The molecule has 0 atom stereocenters. The zero-order valence-electron chi connectivity index (χ0n) is 4.53. The summed E-state index contributed by atoms with van der Waals surface area (Å²) in [6.07, 6.45) is -3.52. The van der Waals surface area contributed by atoms with E-state index in [1.54, 1.807) is 0 Å². The second kappa shape index (κ2) is 2.61. The lowest BCUT2D eigenvalue weighted by Crippen LogP contribution is -2.10. The van der Waals surface area contributed by atoms with Gasteiger partial charge in [0.15, 0.2) is 11.0 Å². The molecule has 0 saturated heterocycles. The Hall–Kier alpha value is -0.520. The van der Waals surface area contributed by atoms with Crippen LogP contribution in [0, 0.1) is 5.88 Å². The van der Waals surface area contributed by atoms with Crippen LogP contribution in [0.3, 0.4) is 0 Å². The second-order valence-corrected chi connectivity index (χ2v) is 2.17. The highest BCUT2D eigenvalue weighted by Gasteiger charge is 2.33. The summed E-state index contributed by atoms with van der Waals surface area (Å²) in [6.45, 7) is 0. The molecule has 0 aliphatic carbocycles. The molecule has 1 aliphatic heterocycles. The Bertz CT molecular complexity index is 155. The Morgan fingerprint density at radius 2 is 2.30 bits per heavy atom. The van der Waals surface area contributed by atoms with Crippen molar-refractivity contribution >= 4 is 11.8 Å². The number of nitrogens with one attached hydrogen (secondary N) is 1. The summed E-state index contributed by atoms with van der Waals surface area (Å²) in [5.74, 6) is 2.34. The summed E-state index contributed by atoms with van der Waals surface area (Å²) < 4.78 is 37.6. The van der Waals surface area contributed by atoms with Crippen LogP contribution in [0.25, 0.3) is 0 Å². The van der Waals surface area contributed by atoms with Gasteiger partial charge in [-0.2, -0.15) is 0 Å². The second-order valence-electron chi connectivity index (χ2n) is 1.36. The highest BCUT2D eigenvalue weighted by Crippen LogP contribution is 2.30. The third-order valence-electron chi connectivity index (χ3n) is 0.617. The molecule has 0 aromatic rings. The molecule has 0 saturated carbocycles. The topological polar surface area (TPSA) is 21.3 Å². The van der Waals surface area contributed by atoms with Crippen molar-refractivity contribution in [3.05, 3.63) is 17.2 Å². The van der Waals surface area contributed by atoms with Crippen LogP contribution < -0.4 is 5.32 Å². The molecule has 10 heavy (non-hydrogen) atoms. The number of thioether (sulfide) groups is 1. The largest absolute Gasteiger partial charge is 0.573 e. The van der Waals surface area contributed by atoms with E-state index >= 15 is 0 Å². The lowest BCUT2D eigenvalue weighted by molar-refractivity contribution is -0.300. The molecule has 0 bridgehead atoms. The van der Waals surface area contributed by atoms with Gasteiger partial charge in [-0.15, -0.1) is 13.2 Å². The first kappa shape index (κ1) is 7.59. The van der Waals surface area contributed by atoms with Gasteiger partial charge in [0, 0.05) is 6.20 Å². The van der Waals surface area contributed by atoms with Gasteiger partial charge in [0.2, 0.25) is 0 Å². The van der Waals surface area contributed by atoms with Crippen molar-refractivity contribution in [3.8, 4) is 0 Å². The predicted octanol–water partition coefficient (Wildman–Crippen LogP) is 1.65. The first-order valence-electron chi connectivity index (χ1n) is 2.21.